The molecule has 8 heteroatoms. The Morgan fingerprint density at radius 2 is 1.76 bits per heavy atom. The van der Waals surface area contributed by atoms with Crippen LogP contribution < -0.4 is 0 Å². The highest BCUT2D eigenvalue weighted by atomic mass is 35.5. The van der Waals surface area contributed by atoms with Crippen molar-refractivity contribution in [3.63, 3.8) is 0 Å². The molecule has 6 nitrogen and oxygen atoms in total. The maximum absolute atomic E-state index is 13.1. The second-order valence-corrected chi connectivity index (χ2v) is 9.90. The van der Waals surface area contributed by atoms with E-state index in [4.69, 9.17) is 11.6 Å². The number of benzene rings is 2. The van der Waals surface area contributed by atoms with Gasteiger partial charge in [0.15, 0.2) is 0 Å². The Labute approximate surface area is 177 Å². The normalized spacial score (nSPS) is 16.1. The van der Waals surface area contributed by atoms with E-state index in [0.29, 0.717) is 13.1 Å². The molecular formula is C21H26ClN3O3S. The van der Waals surface area contributed by atoms with Gasteiger partial charge in [-0.2, -0.15) is 0 Å². The SMILES string of the molecule is CN(C)S(=O)(=O)c1ccc(Cl)c(C(=O)N2CCCN(Cc3ccccc3)CC2)c1. The van der Waals surface area contributed by atoms with Crippen LogP contribution >= 0.6 is 11.6 Å². The van der Waals surface area contributed by atoms with E-state index < -0.39 is 10.0 Å². The number of sulfonamides is 1. The maximum atomic E-state index is 13.1. The van der Waals surface area contributed by atoms with E-state index in [9.17, 15) is 13.2 Å². The van der Waals surface area contributed by atoms with Crippen molar-refractivity contribution in [2.45, 2.75) is 17.9 Å². The van der Waals surface area contributed by atoms with Gasteiger partial charge < -0.3 is 4.90 Å². The van der Waals surface area contributed by atoms with Crippen molar-refractivity contribution in [1.82, 2.24) is 14.1 Å². The number of carbonyl (C=O) groups is 1. The second-order valence-electron chi connectivity index (χ2n) is 7.34. The van der Waals surface area contributed by atoms with Crippen molar-refractivity contribution in [2.24, 2.45) is 0 Å². The van der Waals surface area contributed by atoms with E-state index >= 15 is 0 Å². The molecule has 3 rings (SSSR count). The van der Waals surface area contributed by atoms with Crippen LogP contribution in [-0.2, 0) is 16.6 Å². The van der Waals surface area contributed by atoms with Gasteiger partial charge in [-0.25, -0.2) is 12.7 Å². The summed E-state index contributed by atoms with van der Waals surface area (Å²) in [6.45, 7) is 3.70. The number of amides is 1. The fourth-order valence-electron chi connectivity index (χ4n) is 3.38. The zero-order valence-corrected chi connectivity index (χ0v) is 18.3. The molecule has 1 heterocycles. The molecule has 0 saturated carbocycles. The van der Waals surface area contributed by atoms with Gasteiger partial charge in [0.1, 0.15) is 0 Å². The fourth-order valence-corrected chi connectivity index (χ4v) is 4.51. The highest BCUT2D eigenvalue weighted by Crippen LogP contribution is 2.24. The van der Waals surface area contributed by atoms with Gasteiger partial charge in [0.25, 0.3) is 5.91 Å². The minimum atomic E-state index is -3.64. The van der Waals surface area contributed by atoms with Crippen molar-refractivity contribution >= 4 is 27.5 Å². The first-order chi connectivity index (χ1) is 13.8. The summed E-state index contributed by atoms with van der Waals surface area (Å²) in [5, 5.41) is 0.262. The number of hydrogen-bond acceptors (Lipinski definition) is 4. The highest BCUT2D eigenvalue weighted by molar-refractivity contribution is 7.89. The average molecular weight is 436 g/mol. The monoisotopic (exact) mass is 435 g/mol. The quantitative estimate of drug-likeness (QED) is 0.724. The number of hydrogen-bond donors (Lipinski definition) is 0. The third-order valence-corrected chi connectivity index (χ3v) is 7.21. The van der Waals surface area contributed by atoms with Crippen LogP contribution in [0, 0.1) is 0 Å². The summed E-state index contributed by atoms with van der Waals surface area (Å²) >= 11 is 6.25. The van der Waals surface area contributed by atoms with Gasteiger partial charge in [0.2, 0.25) is 10.0 Å². The molecule has 1 amide bonds. The number of rotatable bonds is 5. The summed E-state index contributed by atoms with van der Waals surface area (Å²) in [6.07, 6.45) is 0.853. The lowest BCUT2D eigenvalue weighted by atomic mass is 10.2. The molecule has 0 unspecified atom stereocenters. The van der Waals surface area contributed by atoms with E-state index in [0.717, 1.165) is 30.4 Å². The van der Waals surface area contributed by atoms with Gasteiger partial charge in [-0.05, 0) is 30.2 Å². The molecule has 156 valence electrons. The molecule has 1 aliphatic heterocycles. The summed E-state index contributed by atoms with van der Waals surface area (Å²) in [5.74, 6) is -0.229. The van der Waals surface area contributed by atoms with Crippen LogP contribution in [0.15, 0.2) is 53.4 Å². The average Bonchev–Trinajstić information content (AvgIpc) is 2.94. The number of nitrogens with zero attached hydrogens (tertiary/aromatic N) is 3. The van der Waals surface area contributed by atoms with Crippen molar-refractivity contribution < 1.29 is 13.2 Å². The third kappa shape index (κ3) is 5.17. The molecule has 29 heavy (non-hydrogen) atoms. The number of carbonyl (C=O) groups excluding carboxylic acids is 1. The first-order valence-electron chi connectivity index (χ1n) is 9.56. The molecule has 0 N–H and O–H groups in total. The zero-order chi connectivity index (χ0) is 21.0. The van der Waals surface area contributed by atoms with Gasteiger partial charge in [-0.1, -0.05) is 41.9 Å². The molecule has 1 saturated heterocycles. The van der Waals surface area contributed by atoms with Gasteiger partial charge in [-0.3, -0.25) is 9.69 Å². The molecule has 0 aliphatic carbocycles. The van der Waals surface area contributed by atoms with E-state index in [1.54, 1.807) is 4.90 Å². The molecule has 0 spiro atoms. The molecule has 1 fully saturated rings. The predicted molar refractivity (Wildman–Crippen MR) is 115 cm³/mol. The second kappa shape index (κ2) is 9.26. The Bertz CT molecular complexity index is 964. The van der Waals surface area contributed by atoms with E-state index in [2.05, 4.69) is 17.0 Å². The summed E-state index contributed by atoms with van der Waals surface area (Å²) in [7, 11) is -0.715. The highest BCUT2D eigenvalue weighted by Gasteiger charge is 2.25. The summed E-state index contributed by atoms with van der Waals surface area (Å²) in [5.41, 5.74) is 1.48. The Balaban J connectivity index is 1.74. The Morgan fingerprint density at radius 1 is 1.03 bits per heavy atom. The molecule has 0 radical (unpaired) electrons. The largest absolute Gasteiger partial charge is 0.337 e. The van der Waals surface area contributed by atoms with E-state index in [1.165, 1.54) is 37.9 Å². The third-order valence-electron chi connectivity index (χ3n) is 5.07. The lowest BCUT2D eigenvalue weighted by molar-refractivity contribution is 0.0761. The van der Waals surface area contributed by atoms with Crippen molar-refractivity contribution in [3.05, 3.63) is 64.7 Å². The zero-order valence-electron chi connectivity index (χ0n) is 16.7. The predicted octanol–water partition coefficient (Wildman–Crippen LogP) is 2.94. The first kappa shape index (κ1) is 21.8. The smallest absolute Gasteiger partial charge is 0.255 e. The molecular weight excluding hydrogens is 410 g/mol. The molecule has 0 aromatic heterocycles. The van der Waals surface area contributed by atoms with Crippen molar-refractivity contribution in [3.8, 4) is 0 Å². The van der Waals surface area contributed by atoms with E-state index in [-0.39, 0.29) is 21.4 Å². The lowest BCUT2D eigenvalue weighted by Gasteiger charge is -2.23. The standard InChI is InChI=1S/C21H26ClN3O3S/c1-23(2)29(27,28)18-9-10-20(22)19(15-18)21(26)25-12-6-11-24(13-14-25)16-17-7-4-3-5-8-17/h3-5,7-10,15H,6,11-14,16H2,1-2H3. The van der Waals surface area contributed by atoms with Crippen LogP contribution in [0.5, 0.6) is 0 Å². The van der Waals surface area contributed by atoms with Crippen LogP contribution in [-0.4, -0.2) is 68.7 Å². The maximum Gasteiger partial charge on any atom is 0.255 e. The van der Waals surface area contributed by atoms with Crippen molar-refractivity contribution in [2.75, 3.05) is 40.3 Å². The fraction of sp³-hybridized carbons (Fsp3) is 0.381. The molecule has 2 aromatic carbocycles. The summed E-state index contributed by atoms with van der Waals surface area (Å²) < 4.78 is 26.0. The first-order valence-corrected chi connectivity index (χ1v) is 11.4. The molecule has 0 atom stereocenters. The Morgan fingerprint density at radius 3 is 2.45 bits per heavy atom. The Kier molecular flexibility index (Phi) is 6.95. The van der Waals surface area contributed by atoms with Crippen LogP contribution in [0.4, 0.5) is 0 Å². The van der Waals surface area contributed by atoms with Gasteiger partial charge in [0, 0.05) is 46.8 Å². The molecule has 1 aliphatic rings. The summed E-state index contributed by atoms with van der Waals surface area (Å²) in [6, 6.07) is 14.5. The summed E-state index contributed by atoms with van der Waals surface area (Å²) in [4.78, 5) is 17.3. The Hall–Kier alpha value is -1.93. The molecule has 2 aromatic rings. The van der Waals surface area contributed by atoms with Crippen LogP contribution in [0.1, 0.15) is 22.3 Å². The van der Waals surface area contributed by atoms with Gasteiger partial charge in [0.05, 0.1) is 15.5 Å². The van der Waals surface area contributed by atoms with E-state index in [1.807, 2.05) is 18.2 Å². The van der Waals surface area contributed by atoms with Gasteiger partial charge >= 0.3 is 0 Å². The van der Waals surface area contributed by atoms with Crippen molar-refractivity contribution in [1.29, 1.82) is 0 Å². The van der Waals surface area contributed by atoms with Crippen LogP contribution in [0.2, 0.25) is 5.02 Å². The van der Waals surface area contributed by atoms with Crippen LogP contribution in [0.3, 0.4) is 0 Å². The van der Waals surface area contributed by atoms with Crippen LogP contribution in [0.25, 0.3) is 0 Å². The topological polar surface area (TPSA) is 60.9 Å². The molecule has 0 bridgehead atoms. The minimum absolute atomic E-state index is 0.0655. The van der Waals surface area contributed by atoms with Gasteiger partial charge in [-0.15, -0.1) is 0 Å². The lowest BCUT2D eigenvalue weighted by Crippen LogP contribution is -2.35. The minimum Gasteiger partial charge on any atom is -0.337 e. The number of halogens is 1.